The number of carboxylic acids is 1. The number of carbonyl (C=O) groups is 1. The van der Waals surface area contributed by atoms with Crippen LogP contribution in [-0.4, -0.2) is 21.9 Å². The molecule has 0 aromatic carbocycles. The molecule has 6 heteroatoms. The van der Waals surface area contributed by atoms with Gasteiger partial charge in [-0.3, -0.25) is 4.79 Å². The van der Waals surface area contributed by atoms with Gasteiger partial charge in [-0.1, -0.05) is 0 Å². The smallest absolute Gasteiger partial charge is 0.357 e. The van der Waals surface area contributed by atoms with Gasteiger partial charge in [0.2, 0.25) is 0 Å². The molecule has 12 heavy (non-hydrogen) atoms. The fourth-order valence-corrected chi connectivity index (χ4v) is 0.690. The van der Waals surface area contributed by atoms with E-state index in [9.17, 15) is 9.59 Å². The minimum absolute atomic E-state index is 0.0441. The Labute approximate surface area is 67.2 Å². The third-order valence-electron chi connectivity index (χ3n) is 1.28. The molecule has 1 heterocycles. The Bertz CT molecular complexity index is 326. The van der Waals surface area contributed by atoms with Crippen molar-refractivity contribution >= 4 is 5.97 Å². The molecule has 1 unspecified atom stereocenters. The lowest BCUT2D eigenvalue weighted by Gasteiger charge is -2.04. The molecule has 0 bridgehead atoms. The zero-order valence-electron chi connectivity index (χ0n) is 6.14. The van der Waals surface area contributed by atoms with Crippen LogP contribution in [0.25, 0.3) is 0 Å². The zero-order valence-corrected chi connectivity index (χ0v) is 6.14. The number of carboxylic acid groups (broad SMARTS) is 1. The summed E-state index contributed by atoms with van der Waals surface area (Å²) in [6.07, 6.45) is 1.34. The largest absolute Gasteiger partial charge is 0.480 e. The molecule has 0 spiro atoms. The molecule has 0 aliphatic heterocycles. The van der Waals surface area contributed by atoms with Crippen LogP contribution in [0.4, 0.5) is 0 Å². The Morgan fingerprint density at radius 2 is 2.50 bits per heavy atom. The van der Waals surface area contributed by atoms with Crippen LogP contribution in [0.3, 0.4) is 0 Å². The fraction of sp³-hybridized carbons (Fsp3) is 0.333. The molecule has 0 saturated carbocycles. The van der Waals surface area contributed by atoms with Gasteiger partial charge in [-0.15, -0.1) is 0 Å². The van der Waals surface area contributed by atoms with E-state index >= 15 is 0 Å². The van der Waals surface area contributed by atoms with Crippen molar-refractivity contribution in [1.29, 1.82) is 0 Å². The minimum Gasteiger partial charge on any atom is -0.480 e. The van der Waals surface area contributed by atoms with Crippen LogP contribution >= 0.6 is 0 Å². The molecule has 0 amide bonds. The maximum absolute atomic E-state index is 10.5. The van der Waals surface area contributed by atoms with Gasteiger partial charge in [0.15, 0.2) is 0 Å². The zero-order chi connectivity index (χ0) is 9.14. The number of nitrogens with two attached hydrogens (primary N) is 1. The maximum atomic E-state index is 10.5. The van der Waals surface area contributed by atoms with Gasteiger partial charge in [-0.05, 0) is 0 Å². The standard InChI is InChI=1S/C6H8N2O4/c7-4(6(10)11)3-8-2-1-5(9)12-8/h1-2,4H,3,7H2,(H,10,11). The monoisotopic (exact) mass is 172 g/mol. The molecule has 1 rings (SSSR count). The van der Waals surface area contributed by atoms with Crippen molar-refractivity contribution in [2.75, 3.05) is 0 Å². The number of aliphatic carboxylic acids is 1. The van der Waals surface area contributed by atoms with Gasteiger partial charge in [0.05, 0.1) is 6.54 Å². The molecule has 1 aromatic heterocycles. The molecule has 0 radical (unpaired) electrons. The van der Waals surface area contributed by atoms with Gasteiger partial charge in [-0.25, -0.2) is 9.53 Å². The summed E-state index contributed by atoms with van der Waals surface area (Å²) in [5, 5.41) is 8.39. The van der Waals surface area contributed by atoms with Gasteiger partial charge in [0, 0.05) is 12.3 Å². The fourth-order valence-electron chi connectivity index (χ4n) is 0.690. The van der Waals surface area contributed by atoms with Crippen molar-refractivity contribution < 1.29 is 14.4 Å². The normalized spacial score (nSPS) is 12.8. The molecular weight excluding hydrogens is 164 g/mol. The Hall–Kier alpha value is -1.56. The Morgan fingerprint density at radius 1 is 1.83 bits per heavy atom. The number of aromatic nitrogens is 1. The molecule has 3 N–H and O–H groups in total. The van der Waals surface area contributed by atoms with E-state index in [2.05, 4.69) is 4.52 Å². The average molecular weight is 172 g/mol. The van der Waals surface area contributed by atoms with Crippen molar-refractivity contribution in [1.82, 2.24) is 4.74 Å². The number of hydrogen-bond acceptors (Lipinski definition) is 4. The lowest BCUT2D eigenvalue weighted by atomic mass is 10.3. The summed E-state index contributed by atoms with van der Waals surface area (Å²) >= 11 is 0. The van der Waals surface area contributed by atoms with Crippen molar-refractivity contribution in [2.45, 2.75) is 12.6 Å². The van der Waals surface area contributed by atoms with Gasteiger partial charge in [-0.2, -0.15) is 0 Å². The quantitative estimate of drug-likeness (QED) is 0.600. The Balaban J connectivity index is 2.64. The molecule has 1 aromatic rings. The first-order valence-corrected chi connectivity index (χ1v) is 3.25. The van der Waals surface area contributed by atoms with E-state index in [1.54, 1.807) is 0 Å². The molecule has 0 saturated heterocycles. The highest BCUT2D eigenvalue weighted by atomic mass is 16.5. The molecule has 0 fully saturated rings. The lowest BCUT2D eigenvalue weighted by Crippen LogP contribution is -2.34. The molecule has 66 valence electrons. The number of rotatable bonds is 3. The summed E-state index contributed by atoms with van der Waals surface area (Å²) in [7, 11) is 0. The van der Waals surface area contributed by atoms with Gasteiger partial charge in [0.25, 0.3) is 0 Å². The van der Waals surface area contributed by atoms with Crippen molar-refractivity contribution in [3.63, 3.8) is 0 Å². The highest BCUT2D eigenvalue weighted by Crippen LogP contribution is 1.88. The second-order valence-corrected chi connectivity index (χ2v) is 2.27. The van der Waals surface area contributed by atoms with Crippen LogP contribution in [0, 0.1) is 0 Å². The first kappa shape index (κ1) is 8.54. The molecular formula is C6H8N2O4. The highest BCUT2D eigenvalue weighted by Gasteiger charge is 2.12. The minimum atomic E-state index is -1.13. The molecule has 0 aliphatic carbocycles. The van der Waals surface area contributed by atoms with E-state index in [4.69, 9.17) is 10.8 Å². The van der Waals surface area contributed by atoms with Crippen molar-refractivity contribution in [2.24, 2.45) is 5.73 Å². The van der Waals surface area contributed by atoms with E-state index in [0.717, 1.165) is 4.74 Å². The summed E-state index contributed by atoms with van der Waals surface area (Å²) in [5.41, 5.74) is 4.65. The molecule has 1 atom stereocenters. The highest BCUT2D eigenvalue weighted by molar-refractivity contribution is 5.72. The van der Waals surface area contributed by atoms with Crippen LogP contribution in [0.5, 0.6) is 0 Å². The van der Waals surface area contributed by atoms with Crippen LogP contribution in [0.1, 0.15) is 0 Å². The van der Waals surface area contributed by atoms with E-state index in [1.165, 1.54) is 12.3 Å². The topological polar surface area (TPSA) is 98.5 Å². The summed E-state index contributed by atoms with van der Waals surface area (Å²) < 4.78 is 5.61. The van der Waals surface area contributed by atoms with Gasteiger partial charge < -0.3 is 15.4 Å². The first-order chi connectivity index (χ1) is 5.59. The lowest BCUT2D eigenvalue weighted by molar-refractivity contribution is -0.139. The van der Waals surface area contributed by atoms with Crippen molar-refractivity contribution in [3.05, 3.63) is 22.7 Å². The molecule has 6 nitrogen and oxygen atoms in total. The summed E-state index contributed by atoms with van der Waals surface area (Å²) in [6, 6.07) is 0.134. The van der Waals surface area contributed by atoms with Crippen molar-refractivity contribution in [3.8, 4) is 0 Å². The third kappa shape index (κ3) is 1.96. The maximum Gasteiger partial charge on any atom is 0.357 e. The van der Waals surface area contributed by atoms with Crippen LogP contribution in [-0.2, 0) is 11.3 Å². The van der Waals surface area contributed by atoms with E-state index in [0.29, 0.717) is 0 Å². The number of nitrogens with zero attached hydrogens (tertiary/aromatic N) is 1. The van der Waals surface area contributed by atoms with Crippen LogP contribution in [0.15, 0.2) is 21.6 Å². The predicted molar refractivity (Wildman–Crippen MR) is 38.6 cm³/mol. The SMILES string of the molecule is NC(Cn1ccc(=O)o1)C(=O)O. The number of hydrogen-bond donors (Lipinski definition) is 2. The van der Waals surface area contributed by atoms with Crippen LogP contribution in [0.2, 0.25) is 0 Å². The second-order valence-electron chi connectivity index (χ2n) is 2.27. The van der Waals surface area contributed by atoms with E-state index in [-0.39, 0.29) is 6.54 Å². The van der Waals surface area contributed by atoms with Crippen LogP contribution < -0.4 is 11.4 Å². The second kappa shape index (κ2) is 3.22. The Morgan fingerprint density at radius 3 is 2.92 bits per heavy atom. The predicted octanol–water partition coefficient (Wildman–Crippen LogP) is -1.15. The van der Waals surface area contributed by atoms with Gasteiger partial charge in [0.1, 0.15) is 6.04 Å². The summed E-state index contributed by atoms with van der Waals surface area (Å²) in [5.74, 6) is -1.13. The van der Waals surface area contributed by atoms with E-state index < -0.39 is 17.6 Å². The first-order valence-electron chi connectivity index (χ1n) is 3.25. The third-order valence-corrected chi connectivity index (χ3v) is 1.28. The van der Waals surface area contributed by atoms with E-state index in [1.807, 2.05) is 0 Å². The van der Waals surface area contributed by atoms with Gasteiger partial charge >= 0.3 is 11.6 Å². The Kier molecular flexibility index (Phi) is 2.29. The summed E-state index contributed by atoms with van der Waals surface area (Å²) in [6.45, 7) is -0.0441. The summed E-state index contributed by atoms with van der Waals surface area (Å²) in [4.78, 5) is 20.7. The average Bonchev–Trinajstić information content (AvgIpc) is 2.35. The molecule has 0 aliphatic rings.